The van der Waals surface area contributed by atoms with E-state index in [1.807, 2.05) is 0 Å². The number of carbonyl (C=O) groups is 1. The number of nitrogens with zero attached hydrogens (tertiary/aromatic N) is 1. The first-order valence-corrected chi connectivity index (χ1v) is 9.89. The fraction of sp³-hybridized carbons (Fsp3) is 0.389. The Morgan fingerprint density at radius 3 is 2.76 bits per heavy atom. The Kier molecular flexibility index (Phi) is 6.59. The fourth-order valence-electron chi connectivity index (χ4n) is 2.94. The molecule has 1 aliphatic rings. The number of amides is 1. The maximum atomic E-state index is 12.2. The van der Waals surface area contributed by atoms with Crippen molar-refractivity contribution < 1.29 is 9.53 Å². The van der Waals surface area contributed by atoms with Crippen LogP contribution in [-0.4, -0.2) is 37.0 Å². The Bertz CT molecular complexity index is 703. The van der Waals surface area contributed by atoms with Gasteiger partial charge in [-0.25, -0.2) is 0 Å². The molecular formula is C18H20Cl2N2O2S. The van der Waals surface area contributed by atoms with E-state index < -0.39 is 0 Å². The maximum absolute atomic E-state index is 12.2. The van der Waals surface area contributed by atoms with Crippen LogP contribution >= 0.6 is 34.5 Å². The van der Waals surface area contributed by atoms with Crippen molar-refractivity contribution in [1.82, 2.24) is 10.2 Å². The highest BCUT2D eigenvalue weighted by Gasteiger charge is 2.24. The van der Waals surface area contributed by atoms with Crippen molar-refractivity contribution in [3.05, 3.63) is 50.6 Å². The molecule has 25 heavy (non-hydrogen) atoms. The molecule has 1 aromatic carbocycles. The Hall–Kier alpha value is -1.27. The van der Waals surface area contributed by atoms with Gasteiger partial charge in [0.15, 0.2) is 6.61 Å². The number of likely N-dealkylation sites (tertiary alicyclic amines) is 1. The van der Waals surface area contributed by atoms with E-state index in [1.54, 1.807) is 29.5 Å². The van der Waals surface area contributed by atoms with Crippen molar-refractivity contribution in [3.63, 3.8) is 0 Å². The number of benzene rings is 1. The summed E-state index contributed by atoms with van der Waals surface area (Å²) in [6.45, 7) is 2.67. The third kappa shape index (κ3) is 5.11. The minimum absolute atomic E-state index is 0.0709. The highest BCUT2D eigenvalue weighted by molar-refractivity contribution is 7.10. The summed E-state index contributed by atoms with van der Waals surface area (Å²) < 4.78 is 5.49. The summed E-state index contributed by atoms with van der Waals surface area (Å²) in [5.41, 5.74) is 0. The summed E-state index contributed by atoms with van der Waals surface area (Å²) in [6, 6.07) is 9.35. The van der Waals surface area contributed by atoms with Gasteiger partial charge < -0.3 is 10.1 Å². The van der Waals surface area contributed by atoms with E-state index in [9.17, 15) is 4.79 Å². The van der Waals surface area contributed by atoms with Crippen molar-refractivity contribution in [2.24, 2.45) is 0 Å². The molecule has 0 bridgehead atoms. The second-order valence-corrected chi connectivity index (χ2v) is 7.76. The number of halogens is 2. The summed E-state index contributed by atoms with van der Waals surface area (Å²) in [6.07, 6.45) is 2.43. The molecule has 0 saturated carbocycles. The highest BCUT2D eigenvalue weighted by Crippen LogP contribution is 2.28. The van der Waals surface area contributed by atoms with Crippen molar-refractivity contribution >= 4 is 40.4 Å². The van der Waals surface area contributed by atoms with Gasteiger partial charge >= 0.3 is 0 Å². The zero-order valence-electron chi connectivity index (χ0n) is 13.7. The summed E-state index contributed by atoms with van der Waals surface area (Å²) >= 11 is 13.6. The molecule has 0 unspecified atom stereocenters. The molecule has 1 N–H and O–H groups in total. The van der Waals surface area contributed by atoms with Crippen molar-refractivity contribution in [1.29, 1.82) is 0 Å². The Morgan fingerprint density at radius 1 is 1.28 bits per heavy atom. The van der Waals surface area contributed by atoms with E-state index >= 15 is 0 Å². The number of hydrogen-bond donors (Lipinski definition) is 1. The number of ether oxygens (including phenoxy) is 1. The van der Waals surface area contributed by atoms with Crippen molar-refractivity contribution in [3.8, 4) is 5.75 Å². The lowest BCUT2D eigenvalue weighted by Gasteiger charge is -2.26. The van der Waals surface area contributed by atoms with Crippen LogP contribution in [0.4, 0.5) is 0 Å². The van der Waals surface area contributed by atoms with Gasteiger partial charge in [-0.2, -0.15) is 0 Å². The Labute approximate surface area is 161 Å². The second kappa shape index (κ2) is 8.90. The predicted octanol–water partition coefficient (Wildman–Crippen LogP) is 4.39. The average molecular weight is 399 g/mol. The van der Waals surface area contributed by atoms with Crippen LogP contribution in [0.2, 0.25) is 10.0 Å². The smallest absolute Gasteiger partial charge is 0.258 e. The van der Waals surface area contributed by atoms with Gasteiger partial charge in [0.2, 0.25) is 0 Å². The molecule has 0 spiro atoms. The zero-order chi connectivity index (χ0) is 17.6. The van der Waals surface area contributed by atoms with Gasteiger partial charge in [0.25, 0.3) is 5.91 Å². The molecular weight excluding hydrogens is 379 g/mol. The van der Waals surface area contributed by atoms with Crippen LogP contribution in [0.1, 0.15) is 23.8 Å². The van der Waals surface area contributed by atoms with Crippen LogP contribution in [0.25, 0.3) is 0 Å². The summed E-state index contributed by atoms with van der Waals surface area (Å²) in [5, 5.41) is 5.99. The number of thiophene rings is 1. The van der Waals surface area contributed by atoms with Gasteiger partial charge in [-0.3, -0.25) is 9.69 Å². The van der Waals surface area contributed by atoms with E-state index in [4.69, 9.17) is 27.9 Å². The third-order valence-electron chi connectivity index (χ3n) is 4.20. The average Bonchev–Trinajstić information content (AvgIpc) is 3.28. The van der Waals surface area contributed by atoms with Crippen LogP contribution < -0.4 is 10.1 Å². The molecule has 1 saturated heterocycles. The minimum atomic E-state index is -0.160. The lowest BCUT2D eigenvalue weighted by molar-refractivity contribution is -0.123. The van der Waals surface area contributed by atoms with Gasteiger partial charge in [0, 0.05) is 16.4 Å². The zero-order valence-corrected chi connectivity index (χ0v) is 16.0. The largest absolute Gasteiger partial charge is 0.482 e. The van der Waals surface area contributed by atoms with E-state index in [2.05, 4.69) is 27.7 Å². The summed E-state index contributed by atoms with van der Waals surface area (Å²) in [7, 11) is 0. The second-order valence-electron chi connectivity index (χ2n) is 5.94. The Balaban J connectivity index is 1.53. The molecule has 2 heterocycles. The number of hydrogen-bond acceptors (Lipinski definition) is 4. The number of rotatable bonds is 7. The first kappa shape index (κ1) is 18.5. The van der Waals surface area contributed by atoms with E-state index in [1.165, 1.54) is 17.7 Å². The van der Waals surface area contributed by atoms with Gasteiger partial charge in [0.1, 0.15) is 5.75 Å². The molecule has 1 aromatic heterocycles. The fourth-order valence-corrected chi connectivity index (χ4v) is 4.26. The molecule has 0 radical (unpaired) electrons. The SMILES string of the molecule is O=C(COc1ccc(Cl)cc1Cl)NC[C@H](c1cccs1)N1CCCC1. The quantitative estimate of drug-likeness (QED) is 0.751. The van der Waals surface area contributed by atoms with Crippen LogP contribution in [-0.2, 0) is 4.79 Å². The first-order valence-electron chi connectivity index (χ1n) is 8.25. The Morgan fingerprint density at radius 2 is 2.08 bits per heavy atom. The van der Waals surface area contributed by atoms with E-state index in [-0.39, 0.29) is 18.6 Å². The predicted molar refractivity (Wildman–Crippen MR) is 103 cm³/mol. The van der Waals surface area contributed by atoms with Crippen LogP contribution in [0.3, 0.4) is 0 Å². The van der Waals surface area contributed by atoms with Crippen LogP contribution in [0.15, 0.2) is 35.7 Å². The van der Waals surface area contributed by atoms with Crippen LogP contribution in [0, 0.1) is 0 Å². The lowest BCUT2D eigenvalue weighted by Crippen LogP contribution is -2.38. The molecule has 2 aromatic rings. The molecule has 3 rings (SSSR count). The normalized spacial score (nSPS) is 15.9. The highest BCUT2D eigenvalue weighted by atomic mass is 35.5. The summed E-state index contributed by atoms with van der Waals surface area (Å²) in [5.74, 6) is 0.294. The molecule has 7 heteroatoms. The van der Waals surface area contributed by atoms with Gasteiger partial charge in [-0.1, -0.05) is 29.3 Å². The molecule has 1 amide bonds. The van der Waals surface area contributed by atoms with Crippen molar-refractivity contribution in [2.75, 3.05) is 26.2 Å². The molecule has 4 nitrogen and oxygen atoms in total. The van der Waals surface area contributed by atoms with E-state index in [0.29, 0.717) is 22.3 Å². The van der Waals surface area contributed by atoms with Crippen LogP contribution in [0.5, 0.6) is 5.75 Å². The lowest BCUT2D eigenvalue weighted by atomic mass is 10.2. The molecule has 1 aliphatic heterocycles. The van der Waals surface area contributed by atoms with E-state index in [0.717, 1.165) is 13.1 Å². The summed E-state index contributed by atoms with van der Waals surface area (Å²) in [4.78, 5) is 15.9. The third-order valence-corrected chi connectivity index (χ3v) is 5.70. The molecule has 1 atom stereocenters. The number of nitrogens with one attached hydrogen (secondary N) is 1. The van der Waals surface area contributed by atoms with Gasteiger partial charge in [-0.15, -0.1) is 11.3 Å². The minimum Gasteiger partial charge on any atom is -0.482 e. The van der Waals surface area contributed by atoms with Gasteiger partial charge in [0.05, 0.1) is 11.1 Å². The van der Waals surface area contributed by atoms with Crippen molar-refractivity contribution in [2.45, 2.75) is 18.9 Å². The molecule has 134 valence electrons. The maximum Gasteiger partial charge on any atom is 0.258 e. The molecule has 1 fully saturated rings. The monoisotopic (exact) mass is 398 g/mol. The first-order chi connectivity index (χ1) is 12.1. The standard InChI is InChI=1S/C18H20Cl2N2O2S/c19-13-5-6-16(14(20)10-13)24-12-18(23)21-11-15(17-4-3-9-25-17)22-7-1-2-8-22/h3-6,9-10,15H,1-2,7-8,11-12H2,(H,21,23)/t15-/m1/s1. The molecule has 0 aliphatic carbocycles. The van der Waals surface area contributed by atoms with Gasteiger partial charge in [-0.05, 0) is 55.6 Å². The topological polar surface area (TPSA) is 41.6 Å². The number of carbonyl (C=O) groups excluding carboxylic acids is 1.